The number of amides is 1. The number of nitro benzene ring substituents is 1. The van der Waals surface area contributed by atoms with Crippen LogP contribution >= 0.6 is 15.9 Å². The fraction of sp³-hybridized carbons (Fsp3) is 0.188. The summed E-state index contributed by atoms with van der Waals surface area (Å²) >= 11 is 3.37. The molecule has 0 spiro atoms. The summed E-state index contributed by atoms with van der Waals surface area (Å²) in [6.07, 6.45) is 0. The van der Waals surface area contributed by atoms with E-state index in [9.17, 15) is 19.3 Å². The van der Waals surface area contributed by atoms with Crippen LogP contribution in [0.2, 0.25) is 0 Å². The fourth-order valence-electron chi connectivity index (χ4n) is 2.11. The zero-order valence-electron chi connectivity index (χ0n) is 12.9. The molecule has 0 fully saturated rings. The maximum absolute atomic E-state index is 13.3. The molecule has 0 heterocycles. The minimum atomic E-state index is -0.983. The number of ether oxygens (including phenoxy) is 1. The Morgan fingerprint density at radius 1 is 1.33 bits per heavy atom. The van der Waals surface area contributed by atoms with E-state index in [1.807, 2.05) is 0 Å². The first kappa shape index (κ1) is 17.9. The van der Waals surface area contributed by atoms with Crippen LogP contribution in [0.15, 0.2) is 40.9 Å². The van der Waals surface area contributed by atoms with Crippen LogP contribution in [0.5, 0.6) is 5.75 Å². The Morgan fingerprint density at radius 3 is 2.62 bits per heavy atom. The zero-order valence-corrected chi connectivity index (χ0v) is 14.5. The van der Waals surface area contributed by atoms with Crippen LogP contribution < -0.4 is 10.1 Å². The summed E-state index contributed by atoms with van der Waals surface area (Å²) in [5, 5.41) is 13.5. The van der Waals surface area contributed by atoms with Crippen LogP contribution in [0.3, 0.4) is 0 Å². The summed E-state index contributed by atoms with van der Waals surface area (Å²) in [4.78, 5) is 22.1. The van der Waals surface area contributed by atoms with E-state index in [-0.39, 0.29) is 11.6 Å². The number of rotatable bonds is 5. The van der Waals surface area contributed by atoms with Crippen molar-refractivity contribution in [2.24, 2.45) is 0 Å². The Morgan fingerprint density at radius 2 is 2.04 bits per heavy atom. The van der Waals surface area contributed by atoms with Crippen LogP contribution in [0.25, 0.3) is 0 Å². The summed E-state index contributed by atoms with van der Waals surface area (Å²) in [5.41, 5.74) is 0.0951. The van der Waals surface area contributed by atoms with E-state index >= 15 is 0 Å². The molecule has 1 N–H and O–H groups in total. The quantitative estimate of drug-likeness (QED) is 0.611. The van der Waals surface area contributed by atoms with Crippen LogP contribution in [0.4, 0.5) is 10.1 Å². The molecule has 0 saturated heterocycles. The van der Waals surface area contributed by atoms with Crippen LogP contribution in [-0.2, 0) is 0 Å². The molecule has 0 unspecified atom stereocenters. The lowest BCUT2D eigenvalue weighted by Crippen LogP contribution is -2.26. The summed E-state index contributed by atoms with van der Waals surface area (Å²) in [7, 11) is 1.55. The molecule has 0 saturated carbocycles. The first-order valence-corrected chi connectivity index (χ1v) is 7.71. The molecule has 0 aliphatic carbocycles. The smallest absolute Gasteiger partial charge is 0.305 e. The third kappa shape index (κ3) is 3.88. The van der Waals surface area contributed by atoms with Gasteiger partial charge in [0.15, 0.2) is 0 Å². The van der Waals surface area contributed by atoms with Gasteiger partial charge in [-0.05, 0) is 52.7 Å². The summed E-state index contributed by atoms with van der Waals surface area (Å²) < 4.78 is 19.2. The Labute approximate surface area is 145 Å². The van der Waals surface area contributed by atoms with Gasteiger partial charge in [-0.1, -0.05) is 6.07 Å². The van der Waals surface area contributed by atoms with Crippen LogP contribution in [0.1, 0.15) is 28.9 Å². The predicted molar refractivity (Wildman–Crippen MR) is 89.6 cm³/mol. The second kappa shape index (κ2) is 7.39. The lowest BCUT2D eigenvalue weighted by atomic mass is 10.1. The maximum atomic E-state index is 13.3. The highest BCUT2D eigenvalue weighted by Gasteiger charge is 2.19. The zero-order chi connectivity index (χ0) is 17.9. The summed E-state index contributed by atoms with van der Waals surface area (Å²) in [5.74, 6) is -0.854. The topological polar surface area (TPSA) is 81.5 Å². The first-order valence-electron chi connectivity index (χ1n) is 6.91. The van der Waals surface area contributed by atoms with E-state index in [4.69, 9.17) is 4.74 Å². The van der Waals surface area contributed by atoms with Gasteiger partial charge in [-0.2, -0.15) is 4.39 Å². The van der Waals surface area contributed by atoms with E-state index in [0.717, 1.165) is 22.2 Å². The lowest BCUT2D eigenvalue weighted by molar-refractivity contribution is -0.387. The van der Waals surface area contributed by atoms with Gasteiger partial charge < -0.3 is 10.1 Å². The fourth-order valence-corrected chi connectivity index (χ4v) is 2.67. The maximum Gasteiger partial charge on any atom is 0.305 e. The normalized spacial score (nSPS) is 11.7. The van der Waals surface area contributed by atoms with E-state index in [1.165, 1.54) is 6.07 Å². The van der Waals surface area contributed by atoms with Crippen molar-refractivity contribution >= 4 is 27.5 Å². The molecule has 0 aromatic heterocycles. The number of benzene rings is 2. The minimum absolute atomic E-state index is 0.0162. The molecule has 0 aliphatic heterocycles. The molecule has 2 aromatic carbocycles. The molecule has 24 heavy (non-hydrogen) atoms. The van der Waals surface area contributed by atoms with Crippen molar-refractivity contribution in [3.05, 3.63) is 67.9 Å². The minimum Gasteiger partial charge on any atom is -0.496 e. The second-order valence-electron chi connectivity index (χ2n) is 5.01. The lowest BCUT2D eigenvalue weighted by Gasteiger charge is -2.15. The molecule has 2 rings (SSSR count). The van der Waals surface area contributed by atoms with E-state index in [2.05, 4.69) is 21.2 Å². The average Bonchev–Trinajstić information content (AvgIpc) is 2.54. The van der Waals surface area contributed by atoms with Gasteiger partial charge in [0.05, 0.1) is 22.5 Å². The van der Waals surface area contributed by atoms with Gasteiger partial charge in [0.25, 0.3) is 5.91 Å². The van der Waals surface area contributed by atoms with Gasteiger partial charge in [0, 0.05) is 11.6 Å². The van der Waals surface area contributed by atoms with Gasteiger partial charge in [-0.25, -0.2) is 0 Å². The predicted octanol–water partition coefficient (Wildman–Crippen LogP) is 4.00. The second-order valence-corrected chi connectivity index (χ2v) is 5.87. The van der Waals surface area contributed by atoms with Gasteiger partial charge in [0.1, 0.15) is 5.75 Å². The molecule has 0 bridgehead atoms. The van der Waals surface area contributed by atoms with Crippen LogP contribution in [0, 0.1) is 15.9 Å². The molecule has 6 nitrogen and oxygen atoms in total. The molecule has 8 heteroatoms. The number of carbonyl (C=O) groups is 1. The molecular weight excluding hydrogens is 383 g/mol. The van der Waals surface area contributed by atoms with Crippen molar-refractivity contribution in [2.45, 2.75) is 13.0 Å². The number of hydrogen-bond donors (Lipinski definition) is 1. The van der Waals surface area contributed by atoms with Crippen molar-refractivity contribution in [1.29, 1.82) is 0 Å². The molecule has 2 aromatic rings. The Bertz CT molecular complexity index is 798. The highest BCUT2D eigenvalue weighted by molar-refractivity contribution is 9.10. The van der Waals surface area contributed by atoms with E-state index in [0.29, 0.717) is 5.75 Å². The number of carbonyl (C=O) groups excluding carboxylic acids is 1. The van der Waals surface area contributed by atoms with Crippen molar-refractivity contribution in [3.63, 3.8) is 0 Å². The highest BCUT2D eigenvalue weighted by atomic mass is 79.9. The monoisotopic (exact) mass is 396 g/mol. The summed E-state index contributed by atoms with van der Waals surface area (Å²) in [6, 6.07) is 8.02. The molecule has 126 valence electrons. The van der Waals surface area contributed by atoms with Crippen molar-refractivity contribution in [1.82, 2.24) is 5.32 Å². The number of nitro groups is 1. The Kier molecular flexibility index (Phi) is 5.50. The van der Waals surface area contributed by atoms with Crippen molar-refractivity contribution in [3.8, 4) is 5.75 Å². The third-order valence-corrected chi connectivity index (χ3v) is 4.05. The molecule has 1 atom stereocenters. The summed E-state index contributed by atoms with van der Waals surface area (Å²) in [6.45, 7) is 1.77. The highest BCUT2D eigenvalue weighted by Crippen LogP contribution is 2.28. The van der Waals surface area contributed by atoms with Gasteiger partial charge in [0.2, 0.25) is 5.82 Å². The van der Waals surface area contributed by atoms with Crippen molar-refractivity contribution in [2.75, 3.05) is 7.11 Å². The standard InChI is InChI=1S/C16H14BrFN2O4/c1-9(10-4-6-15(24-2)12(17)7-10)19-16(21)11-3-5-13(18)14(8-11)20(22)23/h3-9H,1-2H3,(H,19,21)/t9-/m1/s1. The van der Waals surface area contributed by atoms with Crippen LogP contribution in [-0.4, -0.2) is 17.9 Å². The molecule has 0 aliphatic rings. The molecule has 0 radical (unpaired) electrons. The third-order valence-electron chi connectivity index (χ3n) is 3.43. The molecular formula is C16H14BrFN2O4. The SMILES string of the molecule is COc1ccc([C@@H](C)NC(=O)c2ccc(F)c([N+](=O)[O-])c2)cc1Br. The number of nitrogens with zero attached hydrogens (tertiary/aromatic N) is 1. The Balaban J connectivity index is 2.18. The van der Waals surface area contributed by atoms with Gasteiger partial charge in [-0.15, -0.1) is 0 Å². The van der Waals surface area contributed by atoms with Gasteiger partial charge in [-0.3, -0.25) is 14.9 Å². The number of halogens is 2. The van der Waals surface area contributed by atoms with Crippen molar-refractivity contribution < 1.29 is 18.8 Å². The average molecular weight is 397 g/mol. The molecule has 1 amide bonds. The van der Waals surface area contributed by atoms with E-state index in [1.54, 1.807) is 32.2 Å². The first-order chi connectivity index (χ1) is 11.3. The largest absolute Gasteiger partial charge is 0.496 e. The number of nitrogens with one attached hydrogen (secondary N) is 1. The Hall–Kier alpha value is -2.48. The van der Waals surface area contributed by atoms with Gasteiger partial charge >= 0.3 is 5.69 Å². The number of methoxy groups -OCH3 is 1. The van der Waals surface area contributed by atoms with E-state index < -0.39 is 22.3 Å². The number of hydrogen-bond acceptors (Lipinski definition) is 4.